The molecular formula is C13H19N3O3S. The molecule has 2 rings (SSSR count). The fourth-order valence-corrected chi connectivity index (χ4v) is 2.41. The number of hydrogen-bond acceptors (Lipinski definition) is 4. The Morgan fingerprint density at radius 1 is 1.45 bits per heavy atom. The third kappa shape index (κ3) is 4.57. The van der Waals surface area contributed by atoms with Crippen molar-refractivity contribution in [2.24, 2.45) is 5.92 Å². The number of nitrogens with one attached hydrogen (secondary N) is 2. The van der Waals surface area contributed by atoms with E-state index in [1.165, 1.54) is 0 Å². The zero-order chi connectivity index (χ0) is 14.8. The molecule has 0 aliphatic heterocycles. The Bertz CT molecular complexity index is 597. The van der Waals surface area contributed by atoms with Crippen molar-refractivity contribution in [2.45, 2.75) is 25.8 Å². The summed E-state index contributed by atoms with van der Waals surface area (Å²) in [4.78, 5) is 16.3. The Balaban J connectivity index is 2.01. The van der Waals surface area contributed by atoms with E-state index in [0.29, 0.717) is 5.92 Å². The summed E-state index contributed by atoms with van der Waals surface area (Å²) in [5.41, 5.74) is 1.73. The lowest BCUT2D eigenvalue weighted by Gasteiger charge is -2.18. The first-order valence-electron chi connectivity index (χ1n) is 6.53. The van der Waals surface area contributed by atoms with Crippen LogP contribution in [0.1, 0.15) is 30.3 Å². The van der Waals surface area contributed by atoms with E-state index in [1.54, 1.807) is 0 Å². The number of carbonyl (C=O) groups is 1. The lowest BCUT2D eigenvalue weighted by molar-refractivity contribution is -0.120. The van der Waals surface area contributed by atoms with Gasteiger partial charge in [0.25, 0.3) is 0 Å². The minimum absolute atomic E-state index is 0.135. The van der Waals surface area contributed by atoms with E-state index in [1.807, 2.05) is 25.1 Å². The lowest BCUT2D eigenvalue weighted by Crippen LogP contribution is -2.39. The summed E-state index contributed by atoms with van der Waals surface area (Å²) < 4.78 is 24.1. The normalized spacial score (nSPS) is 16.7. The molecule has 1 aromatic rings. The van der Waals surface area contributed by atoms with Crippen molar-refractivity contribution in [3.63, 3.8) is 0 Å². The highest BCUT2D eigenvalue weighted by Gasteiger charge is 2.34. The number of pyridine rings is 1. The molecule has 1 saturated carbocycles. The molecule has 2 N–H and O–H groups in total. The highest BCUT2D eigenvalue weighted by Crippen LogP contribution is 2.40. The quantitative estimate of drug-likeness (QED) is 0.800. The van der Waals surface area contributed by atoms with Crippen molar-refractivity contribution >= 4 is 15.9 Å². The van der Waals surface area contributed by atoms with Gasteiger partial charge in [0, 0.05) is 5.69 Å². The standard InChI is InChI=1S/C13H19N3O3S/c1-9-4-3-5-11(15-9)13(10-6-7-10)16-12(17)8-14-20(2,18)19/h3-5,10,13-14H,6-8H2,1-2H3,(H,16,17)/t13-/m1/s1. The third-order valence-corrected chi connectivity index (χ3v) is 3.80. The Labute approximate surface area is 119 Å². The molecule has 20 heavy (non-hydrogen) atoms. The molecule has 0 bridgehead atoms. The van der Waals surface area contributed by atoms with Crippen LogP contribution in [-0.4, -0.2) is 32.1 Å². The van der Waals surface area contributed by atoms with Crippen LogP contribution in [0.3, 0.4) is 0 Å². The summed E-state index contributed by atoms with van der Waals surface area (Å²) in [7, 11) is -3.36. The van der Waals surface area contributed by atoms with Gasteiger partial charge < -0.3 is 5.32 Å². The molecule has 1 aliphatic rings. The van der Waals surface area contributed by atoms with E-state index >= 15 is 0 Å². The monoisotopic (exact) mass is 297 g/mol. The van der Waals surface area contributed by atoms with Crippen LogP contribution in [0.15, 0.2) is 18.2 Å². The van der Waals surface area contributed by atoms with Gasteiger partial charge in [-0.2, -0.15) is 0 Å². The number of amides is 1. The first-order chi connectivity index (χ1) is 9.35. The topological polar surface area (TPSA) is 88.2 Å². The Kier molecular flexibility index (Phi) is 4.39. The van der Waals surface area contributed by atoms with Crippen molar-refractivity contribution in [2.75, 3.05) is 12.8 Å². The second kappa shape index (κ2) is 5.88. The Morgan fingerprint density at radius 2 is 2.15 bits per heavy atom. The molecule has 1 aromatic heterocycles. The van der Waals surface area contributed by atoms with Crippen LogP contribution >= 0.6 is 0 Å². The summed E-state index contributed by atoms with van der Waals surface area (Å²) in [5.74, 6) is 0.0575. The number of nitrogens with zero attached hydrogens (tertiary/aromatic N) is 1. The smallest absolute Gasteiger partial charge is 0.235 e. The molecule has 0 unspecified atom stereocenters. The van der Waals surface area contributed by atoms with Gasteiger partial charge in [0.2, 0.25) is 15.9 Å². The van der Waals surface area contributed by atoms with Gasteiger partial charge in [0.15, 0.2) is 0 Å². The van der Waals surface area contributed by atoms with Crippen LogP contribution in [0.2, 0.25) is 0 Å². The molecule has 1 aliphatic carbocycles. The zero-order valence-electron chi connectivity index (χ0n) is 11.6. The maximum Gasteiger partial charge on any atom is 0.235 e. The second-order valence-electron chi connectivity index (χ2n) is 5.18. The molecular weight excluding hydrogens is 278 g/mol. The summed E-state index contributed by atoms with van der Waals surface area (Å²) in [6.07, 6.45) is 3.14. The van der Waals surface area contributed by atoms with Gasteiger partial charge in [-0.1, -0.05) is 6.07 Å². The highest BCUT2D eigenvalue weighted by atomic mass is 32.2. The number of aryl methyl sites for hydroxylation is 1. The van der Waals surface area contributed by atoms with Gasteiger partial charge in [-0.25, -0.2) is 13.1 Å². The van der Waals surface area contributed by atoms with E-state index in [9.17, 15) is 13.2 Å². The predicted molar refractivity (Wildman–Crippen MR) is 75.4 cm³/mol. The molecule has 1 amide bonds. The van der Waals surface area contributed by atoms with Crippen LogP contribution in [-0.2, 0) is 14.8 Å². The average molecular weight is 297 g/mol. The second-order valence-corrected chi connectivity index (χ2v) is 7.01. The molecule has 7 heteroatoms. The van der Waals surface area contributed by atoms with E-state index in [2.05, 4.69) is 15.0 Å². The largest absolute Gasteiger partial charge is 0.346 e. The van der Waals surface area contributed by atoms with E-state index in [4.69, 9.17) is 0 Å². The van der Waals surface area contributed by atoms with Gasteiger partial charge in [0.05, 0.1) is 24.5 Å². The summed E-state index contributed by atoms with van der Waals surface area (Å²) >= 11 is 0. The van der Waals surface area contributed by atoms with Gasteiger partial charge >= 0.3 is 0 Å². The maximum absolute atomic E-state index is 11.8. The number of rotatable bonds is 6. The number of hydrogen-bond donors (Lipinski definition) is 2. The van der Waals surface area contributed by atoms with Crippen molar-refractivity contribution in [1.82, 2.24) is 15.0 Å². The van der Waals surface area contributed by atoms with Crippen LogP contribution in [0.4, 0.5) is 0 Å². The molecule has 110 valence electrons. The van der Waals surface area contributed by atoms with Crippen LogP contribution in [0.25, 0.3) is 0 Å². The van der Waals surface area contributed by atoms with Crippen molar-refractivity contribution < 1.29 is 13.2 Å². The Morgan fingerprint density at radius 3 is 2.70 bits per heavy atom. The van der Waals surface area contributed by atoms with Crippen molar-refractivity contribution in [3.05, 3.63) is 29.6 Å². The predicted octanol–water partition coefficient (Wildman–Crippen LogP) is 0.507. The fourth-order valence-electron chi connectivity index (χ4n) is 2.02. The first kappa shape index (κ1) is 14.9. The molecule has 0 aromatic carbocycles. The van der Waals surface area contributed by atoms with Crippen LogP contribution in [0.5, 0.6) is 0 Å². The SMILES string of the molecule is Cc1cccc([C@H](NC(=O)CNS(C)(=O)=O)C2CC2)n1. The molecule has 6 nitrogen and oxygen atoms in total. The van der Waals surface area contributed by atoms with Crippen LogP contribution in [0, 0.1) is 12.8 Å². The van der Waals surface area contributed by atoms with Gasteiger partial charge in [-0.05, 0) is 37.8 Å². The van der Waals surface area contributed by atoms with Crippen molar-refractivity contribution in [1.29, 1.82) is 0 Å². The summed E-state index contributed by atoms with van der Waals surface area (Å²) in [6.45, 7) is 1.66. The molecule has 1 atom stereocenters. The molecule has 1 heterocycles. The van der Waals surface area contributed by atoms with E-state index < -0.39 is 10.0 Å². The number of aromatic nitrogens is 1. The van der Waals surface area contributed by atoms with Crippen LogP contribution < -0.4 is 10.0 Å². The maximum atomic E-state index is 11.8. The molecule has 1 fully saturated rings. The zero-order valence-corrected chi connectivity index (χ0v) is 12.4. The minimum atomic E-state index is -3.36. The molecule has 0 spiro atoms. The highest BCUT2D eigenvalue weighted by molar-refractivity contribution is 7.88. The minimum Gasteiger partial charge on any atom is -0.346 e. The number of carbonyl (C=O) groups excluding carboxylic acids is 1. The van der Waals surface area contributed by atoms with Gasteiger partial charge in [-0.15, -0.1) is 0 Å². The van der Waals surface area contributed by atoms with E-state index in [0.717, 1.165) is 30.5 Å². The van der Waals surface area contributed by atoms with E-state index in [-0.39, 0.29) is 18.5 Å². The Hall–Kier alpha value is -1.47. The molecule has 0 saturated heterocycles. The summed E-state index contributed by atoms with van der Waals surface area (Å²) in [5, 5.41) is 2.87. The fraction of sp³-hybridized carbons (Fsp3) is 0.538. The molecule has 0 radical (unpaired) electrons. The van der Waals surface area contributed by atoms with Crippen molar-refractivity contribution in [3.8, 4) is 0 Å². The van der Waals surface area contributed by atoms with Gasteiger partial charge in [0.1, 0.15) is 0 Å². The first-order valence-corrected chi connectivity index (χ1v) is 8.42. The number of sulfonamides is 1. The lowest BCUT2D eigenvalue weighted by atomic mass is 10.1. The van der Waals surface area contributed by atoms with Gasteiger partial charge in [-0.3, -0.25) is 9.78 Å². The average Bonchev–Trinajstić information content (AvgIpc) is 3.17. The summed E-state index contributed by atoms with van der Waals surface area (Å²) in [6, 6.07) is 5.57. The third-order valence-electron chi connectivity index (χ3n) is 3.13.